The summed E-state index contributed by atoms with van der Waals surface area (Å²) in [7, 11) is 0. The quantitative estimate of drug-likeness (QED) is 0.724. The van der Waals surface area contributed by atoms with Crippen molar-refractivity contribution in [1.29, 1.82) is 0 Å². The molecule has 1 aromatic carbocycles. The van der Waals surface area contributed by atoms with E-state index < -0.39 is 23.8 Å². The van der Waals surface area contributed by atoms with Crippen molar-refractivity contribution in [2.75, 3.05) is 0 Å². The number of nitrogens with one attached hydrogen (secondary N) is 1. The van der Waals surface area contributed by atoms with E-state index in [2.05, 4.69) is 11.9 Å². The summed E-state index contributed by atoms with van der Waals surface area (Å²) in [5, 5.41) is 11.5. The number of allylic oxidation sites excluding steroid dienone is 1. The predicted molar refractivity (Wildman–Crippen MR) is 78.3 cm³/mol. The fraction of sp³-hybridized carbons (Fsp3) is 0.375. The molecule has 5 heteroatoms. The van der Waals surface area contributed by atoms with Crippen LogP contribution in [0.5, 0.6) is 0 Å². The lowest BCUT2D eigenvalue weighted by atomic mass is 9.99. The van der Waals surface area contributed by atoms with Gasteiger partial charge < -0.3 is 10.4 Å². The van der Waals surface area contributed by atoms with E-state index in [1.807, 2.05) is 0 Å². The maximum atomic E-state index is 13.5. The zero-order chi connectivity index (χ0) is 15.8. The van der Waals surface area contributed by atoms with Gasteiger partial charge >= 0.3 is 5.97 Å². The fourth-order valence-corrected chi connectivity index (χ4v) is 1.94. The van der Waals surface area contributed by atoms with E-state index in [1.54, 1.807) is 31.2 Å². The largest absolute Gasteiger partial charge is 0.480 e. The van der Waals surface area contributed by atoms with E-state index in [0.29, 0.717) is 12.0 Å². The van der Waals surface area contributed by atoms with E-state index in [9.17, 15) is 14.0 Å². The molecule has 114 valence electrons. The van der Waals surface area contributed by atoms with Crippen LogP contribution in [0, 0.1) is 11.7 Å². The van der Waals surface area contributed by atoms with Gasteiger partial charge in [-0.15, -0.1) is 6.58 Å². The molecule has 0 radical (unpaired) electrons. The number of aliphatic carboxylic acids is 1. The van der Waals surface area contributed by atoms with Crippen LogP contribution in [0.3, 0.4) is 0 Å². The second kappa shape index (κ2) is 8.19. The standard InChI is InChI=1S/C16H20FNO3/c1-3-4-9-14(16(20)21)18-15(19)11(2)10-12-7-5-6-8-13(12)17/h3,5-8,11,14H,1,4,9-10H2,2H3,(H,18,19)(H,20,21). The first-order chi connectivity index (χ1) is 9.95. The molecule has 0 aliphatic carbocycles. The SMILES string of the molecule is C=CCCC(NC(=O)C(C)Cc1ccccc1F)C(=O)O. The Kier molecular flexibility index (Phi) is 6.59. The maximum absolute atomic E-state index is 13.5. The first-order valence-electron chi connectivity index (χ1n) is 6.83. The minimum atomic E-state index is -1.08. The van der Waals surface area contributed by atoms with Crippen LogP contribution >= 0.6 is 0 Å². The van der Waals surface area contributed by atoms with E-state index in [1.165, 1.54) is 6.07 Å². The number of hydrogen-bond acceptors (Lipinski definition) is 2. The van der Waals surface area contributed by atoms with Gasteiger partial charge in [0.25, 0.3) is 0 Å². The van der Waals surface area contributed by atoms with Crippen LogP contribution in [0.25, 0.3) is 0 Å². The van der Waals surface area contributed by atoms with Crippen molar-refractivity contribution in [2.24, 2.45) is 5.92 Å². The van der Waals surface area contributed by atoms with Crippen LogP contribution in [0.15, 0.2) is 36.9 Å². The number of rotatable bonds is 8. The molecule has 0 heterocycles. The average Bonchev–Trinajstić information content (AvgIpc) is 2.45. The third kappa shape index (κ3) is 5.38. The van der Waals surface area contributed by atoms with Gasteiger partial charge in [0, 0.05) is 5.92 Å². The first kappa shape index (κ1) is 16.9. The third-order valence-electron chi connectivity index (χ3n) is 3.21. The molecule has 1 amide bonds. The normalized spacial score (nSPS) is 13.2. The Labute approximate surface area is 123 Å². The van der Waals surface area contributed by atoms with Gasteiger partial charge in [-0.05, 0) is 30.9 Å². The molecule has 0 spiro atoms. The summed E-state index contributed by atoms with van der Waals surface area (Å²) in [6.07, 6.45) is 2.62. The summed E-state index contributed by atoms with van der Waals surface area (Å²) in [6.45, 7) is 5.17. The summed E-state index contributed by atoms with van der Waals surface area (Å²) in [6, 6.07) is 5.29. The summed E-state index contributed by atoms with van der Waals surface area (Å²) in [5.41, 5.74) is 0.443. The Morgan fingerprint density at radius 1 is 1.43 bits per heavy atom. The number of amides is 1. The molecular formula is C16H20FNO3. The molecule has 2 unspecified atom stereocenters. The Hall–Kier alpha value is -2.17. The number of carboxylic acid groups (broad SMARTS) is 1. The number of carbonyl (C=O) groups is 2. The molecule has 4 nitrogen and oxygen atoms in total. The molecule has 1 rings (SSSR count). The van der Waals surface area contributed by atoms with Crippen molar-refractivity contribution in [2.45, 2.75) is 32.2 Å². The molecule has 0 bridgehead atoms. The monoisotopic (exact) mass is 293 g/mol. The van der Waals surface area contributed by atoms with E-state index in [0.717, 1.165) is 0 Å². The molecule has 1 aromatic rings. The smallest absolute Gasteiger partial charge is 0.326 e. The Morgan fingerprint density at radius 3 is 2.67 bits per heavy atom. The lowest BCUT2D eigenvalue weighted by Gasteiger charge is -2.17. The van der Waals surface area contributed by atoms with Gasteiger partial charge in [0.1, 0.15) is 11.9 Å². The Morgan fingerprint density at radius 2 is 2.10 bits per heavy atom. The molecular weight excluding hydrogens is 273 g/mol. The molecule has 0 aliphatic heterocycles. The number of carbonyl (C=O) groups excluding carboxylic acids is 1. The fourth-order valence-electron chi connectivity index (χ4n) is 1.94. The van der Waals surface area contributed by atoms with Gasteiger partial charge in [-0.1, -0.05) is 31.2 Å². The van der Waals surface area contributed by atoms with Crippen molar-refractivity contribution in [3.63, 3.8) is 0 Å². The van der Waals surface area contributed by atoms with E-state index in [-0.39, 0.29) is 18.7 Å². The van der Waals surface area contributed by atoms with Crippen LogP contribution in [0.4, 0.5) is 4.39 Å². The van der Waals surface area contributed by atoms with Gasteiger partial charge in [-0.3, -0.25) is 4.79 Å². The van der Waals surface area contributed by atoms with Crippen molar-refractivity contribution in [3.05, 3.63) is 48.3 Å². The zero-order valence-corrected chi connectivity index (χ0v) is 12.0. The topological polar surface area (TPSA) is 66.4 Å². The van der Waals surface area contributed by atoms with Crippen LogP contribution in [0.2, 0.25) is 0 Å². The number of carboxylic acids is 1. The highest BCUT2D eigenvalue weighted by Gasteiger charge is 2.22. The third-order valence-corrected chi connectivity index (χ3v) is 3.21. The molecule has 0 fully saturated rings. The van der Waals surface area contributed by atoms with Gasteiger partial charge in [-0.2, -0.15) is 0 Å². The minimum absolute atomic E-state index is 0.228. The molecule has 2 N–H and O–H groups in total. The van der Waals surface area contributed by atoms with Crippen molar-refractivity contribution < 1.29 is 19.1 Å². The Bertz CT molecular complexity index is 516. The van der Waals surface area contributed by atoms with Crippen LogP contribution in [0.1, 0.15) is 25.3 Å². The Balaban J connectivity index is 2.63. The van der Waals surface area contributed by atoms with Gasteiger partial charge in [0.05, 0.1) is 0 Å². The summed E-state index contributed by atoms with van der Waals surface area (Å²) < 4.78 is 13.5. The molecule has 2 atom stereocenters. The molecule has 0 aliphatic rings. The highest BCUT2D eigenvalue weighted by Crippen LogP contribution is 2.13. The van der Waals surface area contributed by atoms with Crippen LogP contribution < -0.4 is 5.32 Å². The minimum Gasteiger partial charge on any atom is -0.480 e. The lowest BCUT2D eigenvalue weighted by Crippen LogP contribution is -2.43. The highest BCUT2D eigenvalue weighted by molar-refractivity contribution is 5.84. The number of hydrogen-bond donors (Lipinski definition) is 2. The van der Waals surface area contributed by atoms with Crippen molar-refractivity contribution in [3.8, 4) is 0 Å². The van der Waals surface area contributed by atoms with Crippen molar-refractivity contribution in [1.82, 2.24) is 5.32 Å². The summed E-state index contributed by atoms with van der Waals surface area (Å²) in [5.74, 6) is -2.34. The lowest BCUT2D eigenvalue weighted by molar-refractivity contribution is -0.142. The van der Waals surface area contributed by atoms with Crippen LogP contribution in [-0.2, 0) is 16.0 Å². The average molecular weight is 293 g/mol. The second-order valence-corrected chi connectivity index (χ2v) is 4.96. The zero-order valence-electron chi connectivity index (χ0n) is 12.0. The van der Waals surface area contributed by atoms with Crippen LogP contribution in [-0.4, -0.2) is 23.0 Å². The van der Waals surface area contributed by atoms with E-state index >= 15 is 0 Å². The van der Waals surface area contributed by atoms with Gasteiger partial charge in [-0.25, -0.2) is 9.18 Å². The predicted octanol–water partition coefficient (Wildman–Crippen LogP) is 2.54. The van der Waals surface area contributed by atoms with E-state index in [4.69, 9.17) is 5.11 Å². The van der Waals surface area contributed by atoms with Gasteiger partial charge in [0.15, 0.2) is 0 Å². The molecule has 0 aromatic heterocycles. The second-order valence-electron chi connectivity index (χ2n) is 4.96. The number of benzene rings is 1. The van der Waals surface area contributed by atoms with Gasteiger partial charge in [0.2, 0.25) is 5.91 Å². The molecule has 21 heavy (non-hydrogen) atoms. The highest BCUT2D eigenvalue weighted by atomic mass is 19.1. The molecule has 0 saturated carbocycles. The molecule has 0 saturated heterocycles. The number of halogens is 1. The maximum Gasteiger partial charge on any atom is 0.326 e. The van der Waals surface area contributed by atoms with Crippen molar-refractivity contribution >= 4 is 11.9 Å². The summed E-state index contributed by atoms with van der Waals surface area (Å²) >= 11 is 0. The first-order valence-corrected chi connectivity index (χ1v) is 6.83. The summed E-state index contributed by atoms with van der Waals surface area (Å²) in [4.78, 5) is 23.1.